The van der Waals surface area contributed by atoms with Crippen LogP contribution in [0, 0.1) is 6.92 Å². The van der Waals surface area contributed by atoms with Gasteiger partial charge < -0.3 is 25.4 Å². The summed E-state index contributed by atoms with van der Waals surface area (Å²) in [5.41, 5.74) is 1.77. The van der Waals surface area contributed by atoms with Crippen LogP contribution in [0.1, 0.15) is 22.6 Å². The van der Waals surface area contributed by atoms with Crippen LogP contribution in [-0.2, 0) is 4.74 Å². The summed E-state index contributed by atoms with van der Waals surface area (Å²) in [4.78, 5) is 28.3. The Bertz CT molecular complexity index is 1520. The Labute approximate surface area is 246 Å². The second kappa shape index (κ2) is 13.5. The molecule has 2 aromatic carbocycles. The number of anilines is 4. The number of carbonyl (C=O) groups excluding carboxylic acids is 1. The molecule has 43 heavy (non-hydrogen) atoms. The lowest BCUT2D eigenvalue weighted by atomic mass is 10.2. The maximum absolute atomic E-state index is 12.8. The zero-order valence-electron chi connectivity index (χ0n) is 23.4. The molecule has 2 aromatic heterocycles. The molecule has 1 aliphatic heterocycles. The largest absolute Gasteiger partial charge is 0.573 e. The predicted octanol–water partition coefficient (Wildman–Crippen LogP) is 4.81. The number of hydrogen-bond donors (Lipinski definition) is 3. The Morgan fingerprint density at radius 3 is 2.51 bits per heavy atom. The molecule has 0 spiro atoms. The molecule has 1 aliphatic rings. The molecule has 3 N–H and O–H groups in total. The van der Waals surface area contributed by atoms with Gasteiger partial charge in [-0.25, -0.2) is 15.0 Å². The summed E-state index contributed by atoms with van der Waals surface area (Å²) in [5, 5.41) is 9.22. The van der Waals surface area contributed by atoms with Crippen molar-refractivity contribution in [3.8, 4) is 11.4 Å². The Balaban J connectivity index is 1.22. The topological polar surface area (TPSA) is 118 Å². The van der Waals surface area contributed by atoms with Crippen molar-refractivity contribution in [2.24, 2.45) is 0 Å². The van der Waals surface area contributed by atoms with Crippen molar-refractivity contribution in [1.29, 1.82) is 0 Å². The molecular formula is C29H31F3N8O3. The van der Waals surface area contributed by atoms with E-state index < -0.39 is 6.36 Å². The number of alkyl halides is 3. The number of morpholine rings is 1. The SMILES string of the molecule is Cc1nc(Nc2ccc(OC(F)(F)F)cc2)cc(Nc2nccn2-c2cccc(C(=O)NCCCN3CCOCC3)c2)n1. The van der Waals surface area contributed by atoms with Crippen molar-refractivity contribution < 1.29 is 27.4 Å². The zero-order valence-corrected chi connectivity index (χ0v) is 23.4. The second-order valence-electron chi connectivity index (χ2n) is 9.74. The summed E-state index contributed by atoms with van der Waals surface area (Å²) in [6.45, 7) is 6.54. The summed E-state index contributed by atoms with van der Waals surface area (Å²) in [7, 11) is 0. The molecule has 226 valence electrons. The molecule has 0 aliphatic carbocycles. The van der Waals surface area contributed by atoms with Crippen LogP contribution in [0.4, 0.5) is 36.4 Å². The normalized spacial score (nSPS) is 13.9. The van der Waals surface area contributed by atoms with E-state index in [1.807, 2.05) is 12.1 Å². The monoisotopic (exact) mass is 596 g/mol. The van der Waals surface area contributed by atoms with Gasteiger partial charge in [-0.2, -0.15) is 0 Å². The number of halogens is 3. The van der Waals surface area contributed by atoms with Crippen LogP contribution >= 0.6 is 0 Å². The summed E-state index contributed by atoms with van der Waals surface area (Å²) >= 11 is 0. The fourth-order valence-corrected chi connectivity index (χ4v) is 4.53. The van der Waals surface area contributed by atoms with Crippen molar-refractivity contribution in [1.82, 2.24) is 29.7 Å². The number of hydrogen-bond acceptors (Lipinski definition) is 9. The number of amides is 1. The third-order valence-corrected chi connectivity index (χ3v) is 6.51. The fraction of sp³-hybridized carbons (Fsp3) is 0.310. The highest BCUT2D eigenvalue weighted by Crippen LogP contribution is 2.26. The highest BCUT2D eigenvalue weighted by molar-refractivity contribution is 5.94. The number of carbonyl (C=O) groups is 1. The number of aromatic nitrogens is 4. The van der Waals surface area contributed by atoms with Crippen LogP contribution in [0.15, 0.2) is 67.0 Å². The van der Waals surface area contributed by atoms with Crippen LogP contribution < -0.4 is 20.7 Å². The highest BCUT2D eigenvalue weighted by Gasteiger charge is 2.31. The number of imidazole rings is 1. The molecule has 0 atom stereocenters. The summed E-state index contributed by atoms with van der Waals surface area (Å²) in [6, 6.07) is 14.2. The van der Waals surface area contributed by atoms with Crippen LogP contribution in [0.3, 0.4) is 0 Å². The first-order valence-corrected chi connectivity index (χ1v) is 13.7. The molecule has 0 unspecified atom stereocenters. The zero-order chi connectivity index (χ0) is 30.2. The van der Waals surface area contributed by atoms with Crippen molar-refractivity contribution in [3.63, 3.8) is 0 Å². The van der Waals surface area contributed by atoms with Crippen LogP contribution in [0.25, 0.3) is 5.69 Å². The molecule has 14 heteroatoms. The van der Waals surface area contributed by atoms with E-state index in [0.717, 1.165) is 45.0 Å². The van der Waals surface area contributed by atoms with Gasteiger partial charge in [-0.3, -0.25) is 14.3 Å². The van der Waals surface area contributed by atoms with Crippen molar-refractivity contribution in [2.75, 3.05) is 50.0 Å². The van der Waals surface area contributed by atoms with Gasteiger partial charge >= 0.3 is 6.36 Å². The lowest BCUT2D eigenvalue weighted by molar-refractivity contribution is -0.274. The van der Waals surface area contributed by atoms with Gasteiger partial charge in [0.1, 0.15) is 23.2 Å². The maximum Gasteiger partial charge on any atom is 0.573 e. The van der Waals surface area contributed by atoms with E-state index in [1.165, 1.54) is 24.3 Å². The standard InChI is InChI=1S/C29H31F3N8O3/c1-20-35-25(37-22-6-8-24(9-7-22)43-29(30,31)32)19-26(36-20)38-28-34-11-13-40(28)23-5-2-4-21(18-23)27(41)33-10-3-12-39-14-16-42-17-15-39/h2,4-9,11,13,18-19H,3,10,12,14-17H2,1H3,(H,33,41)(H2,34,35,36,37,38). The molecule has 0 bridgehead atoms. The molecule has 0 radical (unpaired) electrons. The molecule has 3 heterocycles. The van der Waals surface area contributed by atoms with Gasteiger partial charge in [-0.15, -0.1) is 13.2 Å². The van der Waals surface area contributed by atoms with E-state index in [4.69, 9.17) is 4.74 Å². The van der Waals surface area contributed by atoms with Gasteiger partial charge in [0, 0.05) is 55.0 Å². The number of aryl methyl sites for hydroxylation is 1. The number of rotatable bonds is 11. The Hall–Kier alpha value is -4.69. The molecule has 1 fully saturated rings. The van der Waals surface area contributed by atoms with Gasteiger partial charge in [0.2, 0.25) is 5.95 Å². The molecular weight excluding hydrogens is 565 g/mol. The summed E-state index contributed by atoms with van der Waals surface area (Å²) in [6.07, 6.45) is -0.520. The minimum absolute atomic E-state index is 0.154. The first-order valence-electron chi connectivity index (χ1n) is 13.7. The van der Waals surface area contributed by atoms with E-state index in [1.54, 1.807) is 42.1 Å². The van der Waals surface area contributed by atoms with E-state index in [9.17, 15) is 18.0 Å². The van der Waals surface area contributed by atoms with E-state index >= 15 is 0 Å². The first kappa shape index (κ1) is 29.8. The molecule has 1 amide bonds. The quantitative estimate of drug-likeness (QED) is 0.210. The Morgan fingerprint density at radius 1 is 1.02 bits per heavy atom. The first-order chi connectivity index (χ1) is 20.7. The summed E-state index contributed by atoms with van der Waals surface area (Å²) < 4.78 is 48.4. The minimum atomic E-state index is -4.76. The summed E-state index contributed by atoms with van der Waals surface area (Å²) in [5.74, 6) is 1.30. The van der Waals surface area contributed by atoms with Gasteiger partial charge in [-0.05, 0) is 62.4 Å². The average molecular weight is 597 g/mol. The van der Waals surface area contributed by atoms with E-state index in [-0.39, 0.29) is 11.7 Å². The number of nitrogens with zero attached hydrogens (tertiary/aromatic N) is 5. The second-order valence-corrected chi connectivity index (χ2v) is 9.74. The third-order valence-electron chi connectivity index (χ3n) is 6.51. The molecule has 5 rings (SSSR count). The number of benzene rings is 2. The van der Waals surface area contributed by atoms with Crippen LogP contribution in [0.5, 0.6) is 5.75 Å². The lowest BCUT2D eigenvalue weighted by Crippen LogP contribution is -2.38. The number of nitrogens with one attached hydrogen (secondary N) is 3. The van der Waals surface area contributed by atoms with E-state index in [0.29, 0.717) is 41.2 Å². The van der Waals surface area contributed by atoms with Gasteiger partial charge in [-0.1, -0.05) is 6.07 Å². The van der Waals surface area contributed by atoms with Crippen LogP contribution in [-0.4, -0.2) is 76.1 Å². The van der Waals surface area contributed by atoms with Crippen LogP contribution in [0.2, 0.25) is 0 Å². The van der Waals surface area contributed by atoms with Crippen molar-refractivity contribution in [2.45, 2.75) is 19.7 Å². The molecule has 1 saturated heterocycles. The predicted molar refractivity (Wildman–Crippen MR) is 154 cm³/mol. The minimum Gasteiger partial charge on any atom is -0.406 e. The maximum atomic E-state index is 12.8. The average Bonchev–Trinajstić information content (AvgIpc) is 3.44. The lowest BCUT2D eigenvalue weighted by Gasteiger charge is -2.26. The molecule has 11 nitrogen and oxygen atoms in total. The van der Waals surface area contributed by atoms with Crippen molar-refractivity contribution in [3.05, 3.63) is 78.4 Å². The molecule has 0 saturated carbocycles. The Morgan fingerprint density at radius 2 is 1.77 bits per heavy atom. The van der Waals surface area contributed by atoms with Gasteiger partial charge in [0.15, 0.2) is 0 Å². The van der Waals surface area contributed by atoms with Gasteiger partial charge in [0.25, 0.3) is 5.91 Å². The Kier molecular flexibility index (Phi) is 9.37. The van der Waals surface area contributed by atoms with Gasteiger partial charge in [0.05, 0.1) is 13.2 Å². The van der Waals surface area contributed by atoms with E-state index in [2.05, 4.69) is 40.5 Å². The smallest absolute Gasteiger partial charge is 0.406 e. The van der Waals surface area contributed by atoms with Crippen molar-refractivity contribution >= 4 is 29.2 Å². The molecule has 4 aromatic rings. The fourth-order valence-electron chi connectivity index (χ4n) is 4.53. The third kappa shape index (κ3) is 8.66. The highest BCUT2D eigenvalue weighted by atomic mass is 19.4. The number of ether oxygens (including phenoxy) is 2.